The zero-order chi connectivity index (χ0) is 18.7. The molecule has 10 heteroatoms. The van der Waals surface area contributed by atoms with Crippen LogP contribution in [0, 0.1) is 5.92 Å². The molecule has 1 N–H and O–H groups in total. The molecule has 0 unspecified atom stereocenters. The zero-order valence-corrected chi connectivity index (χ0v) is 16.0. The maximum absolute atomic E-state index is 12.3. The maximum Gasteiger partial charge on any atom is 0.222 e. The Morgan fingerprint density at radius 3 is 2.65 bits per heavy atom. The van der Waals surface area contributed by atoms with Crippen molar-refractivity contribution < 1.29 is 13.2 Å². The molecule has 1 aliphatic heterocycles. The van der Waals surface area contributed by atoms with Crippen molar-refractivity contribution in [3.63, 3.8) is 0 Å². The van der Waals surface area contributed by atoms with Crippen LogP contribution in [0.4, 0.5) is 5.95 Å². The average Bonchev–Trinajstić information content (AvgIpc) is 3.24. The minimum atomic E-state index is -3.31. The van der Waals surface area contributed by atoms with Crippen LogP contribution in [0.15, 0.2) is 24.8 Å². The number of nitrogens with zero attached hydrogens (tertiary/aromatic N) is 5. The fourth-order valence-corrected chi connectivity index (χ4v) is 4.13. The van der Waals surface area contributed by atoms with Gasteiger partial charge in [-0.15, -0.1) is 0 Å². The van der Waals surface area contributed by atoms with E-state index in [-0.39, 0.29) is 17.7 Å². The first kappa shape index (κ1) is 18.7. The van der Waals surface area contributed by atoms with Crippen LogP contribution >= 0.6 is 0 Å². The number of anilines is 1. The molecule has 0 aliphatic carbocycles. The fraction of sp³-hybridized carbons (Fsp3) is 0.562. The second-order valence-corrected chi connectivity index (χ2v) is 8.64. The van der Waals surface area contributed by atoms with Gasteiger partial charge in [0.15, 0.2) is 0 Å². The van der Waals surface area contributed by atoms with Crippen molar-refractivity contribution in [3.8, 4) is 11.4 Å². The number of sulfonamides is 1. The first-order valence-corrected chi connectivity index (χ1v) is 10.1. The number of imidazole rings is 1. The molecule has 1 saturated heterocycles. The van der Waals surface area contributed by atoms with Gasteiger partial charge in [0, 0.05) is 51.3 Å². The first-order valence-electron chi connectivity index (χ1n) is 8.49. The van der Waals surface area contributed by atoms with Crippen molar-refractivity contribution in [1.29, 1.82) is 0 Å². The molecule has 142 valence electrons. The molecule has 1 aliphatic rings. The first-order chi connectivity index (χ1) is 12.4. The Bertz CT molecular complexity index is 834. The molecule has 3 rings (SSSR count). The summed E-state index contributed by atoms with van der Waals surface area (Å²) in [5.41, 5.74) is 0.776. The predicted octanol–water partition coefficient (Wildman–Crippen LogP) is 0.851. The van der Waals surface area contributed by atoms with Crippen molar-refractivity contribution >= 4 is 16.0 Å². The van der Waals surface area contributed by atoms with Crippen molar-refractivity contribution in [2.24, 2.45) is 5.92 Å². The molecule has 9 nitrogen and oxygen atoms in total. The van der Waals surface area contributed by atoms with Gasteiger partial charge in [0.2, 0.25) is 16.0 Å². The Morgan fingerprint density at radius 1 is 1.27 bits per heavy atom. The molecule has 3 heterocycles. The van der Waals surface area contributed by atoms with Crippen LogP contribution in [-0.2, 0) is 14.8 Å². The third-order valence-corrected chi connectivity index (χ3v) is 6.38. The number of ether oxygens (including phenoxy) is 1. The van der Waals surface area contributed by atoms with Gasteiger partial charge in [-0.3, -0.25) is 0 Å². The van der Waals surface area contributed by atoms with Crippen LogP contribution in [0.25, 0.3) is 11.4 Å². The molecule has 0 bridgehead atoms. The van der Waals surface area contributed by atoms with E-state index in [1.54, 1.807) is 32.7 Å². The second kappa shape index (κ2) is 7.68. The summed E-state index contributed by atoms with van der Waals surface area (Å²) in [6.45, 7) is 3.58. The number of hydrogen-bond donors (Lipinski definition) is 1. The van der Waals surface area contributed by atoms with E-state index >= 15 is 0 Å². The van der Waals surface area contributed by atoms with Crippen LogP contribution < -0.4 is 5.32 Å². The highest BCUT2D eigenvalue weighted by Gasteiger charge is 2.35. The normalized spacial score (nSPS) is 20.6. The van der Waals surface area contributed by atoms with Gasteiger partial charge in [-0.2, -0.15) is 0 Å². The van der Waals surface area contributed by atoms with E-state index in [2.05, 4.69) is 20.3 Å². The summed E-state index contributed by atoms with van der Waals surface area (Å²) in [7, 11) is -0.213. The van der Waals surface area contributed by atoms with Crippen molar-refractivity contribution in [2.45, 2.75) is 13.0 Å². The van der Waals surface area contributed by atoms with Crippen molar-refractivity contribution in [3.05, 3.63) is 24.8 Å². The number of hydrogen-bond acceptors (Lipinski definition) is 7. The van der Waals surface area contributed by atoms with Gasteiger partial charge in [-0.05, 0) is 6.92 Å². The lowest BCUT2D eigenvalue weighted by Gasteiger charge is -2.22. The van der Waals surface area contributed by atoms with Gasteiger partial charge >= 0.3 is 0 Å². The molecule has 2 atom stereocenters. The third kappa shape index (κ3) is 3.87. The van der Waals surface area contributed by atoms with E-state index in [1.807, 2.05) is 17.7 Å². The van der Waals surface area contributed by atoms with E-state index in [1.165, 1.54) is 4.31 Å². The van der Waals surface area contributed by atoms with Crippen LogP contribution in [0.2, 0.25) is 0 Å². The van der Waals surface area contributed by atoms with Crippen LogP contribution in [0.5, 0.6) is 0 Å². The molecule has 0 spiro atoms. The average molecular weight is 380 g/mol. The molecular formula is C16H24N6O3S. The Labute approximate surface area is 153 Å². The lowest BCUT2D eigenvalue weighted by molar-refractivity contribution is 0.182. The zero-order valence-electron chi connectivity index (χ0n) is 15.2. The maximum atomic E-state index is 12.3. The molecular weight excluding hydrogens is 356 g/mol. The topological polar surface area (TPSA) is 102 Å². The van der Waals surface area contributed by atoms with Gasteiger partial charge in [-0.1, -0.05) is 0 Å². The summed E-state index contributed by atoms with van der Waals surface area (Å²) in [5, 5.41) is 3.05. The van der Waals surface area contributed by atoms with Gasteiger partial charge in [0.25, 0.3) is 0 Å². The molecule has 1 fully saturated rings. The Morgan fingerprint density at radius 2 is 2.00 bits per heavy atom. The smallest absolute Gasteiger partial charge is 0.222 e. The predicted molar refractivity (Wildman–Crippen MR) is 98.2 cm³/mol. The quantitative estimate of drug-likeness (QED) is 0.760. The Balaban J connectivity index is 1.85. The highest BCUT2D eigenvalue weighted by molar-refractivity contribution is 7.89. The van der Waals surface area contributed by atoms with Gasteiger partial charge in [0.1, 0.15) is 5.82 Å². The van der Waals surface area contributed by atoms with Gasteiger partial charge in [0.05, 0.1) is 30.6 Å². The Hall–Kier alpha value is -2.04. The lowest BCUT2D eigenvalue weighted by Crippen LogP contribution is -2.32. The molecule has 0 radical (unpaired) electrons. The summed E-state index contributed by atoms with van der Waals surface area (Å²) in [6.07, 6.45) is 6.97. The minimum Gasteiger partial charge on any atom is -0.379 e. The second-order valence-electron chi connectivity index (χ2n) is 6.41. The lowest BCUT2D eigenvalue weighted by atomic mass is 10.1. The molecule has 0 amide bonds. The molecule has 2 aromatic heterocycles. The standard InChI is InChI=1S/C16H24N6O3S/c1-4-17-16-19-7-12(8-20-16)15-18-5-6-22(15)14-10-25-9-13(14)11-26(23,24)21(2)3/h5-8,13-14H,4,9-11H2,1-3H3,(H,17,19,20)/t13-,14+/m0/s1. The van der Waals surface area contributed by atoms with Gasteiger partial charge in [-0.25, -0.2) is 27.7 Å². The van der Waals surface area contributed by atoms with Gasteiger partial charge < -0.3 is 14.6 Å². The largest absolute Gasteiger partial charge is 0.379 e. The van der Waals surface area contributed by atoms with Crippen molar-refractivity contribution in [1.82, 2.24) is 23.8 Å². The highest BCUT2D eigenvalue weighted by Crippen LogP contribution is 2.31. The van der Waals surface area contributed by atoms with Crippen LogP contribution in [-0.4, -0.2) is 71.8 Å². The molecule has 0 aromatic carbocycles. The summed E-state index contributed by atoms with van der Waals surface area (Å²) in [5.74, 6) is 1.17. The van der Waals surface area contributed by atoms with E-state index in [9.17, 15) is 8.42 Å². The van der Waals surface area contributed by atoms with Crippen LogP contribution in [0.3, 0.4) is 0 Å². The summed E-state index contributed by atoms with van der Waals surface area (Å²) < 4.78 is 33.4. The third-order valence-electron chi connectivity index (χ3n) is 4.42. The Kier molecular flexibility index (Phi) is 5.54. The fourth-order valence-electron chi connectivity index (χ4n) is 2.97. The number of aromatic nitrogens is 4. The SMILES string of the molecule is CCNc1ncc(-c2nccn2[C@@H]2COC[C@H]2CS(=O)(=O)N(C)C)cn1. The molecule has 0 saturated carbocycles. The number of nitrogens with one attached hydrogen (secondary N) is 1. The van der Waals surface area contributed by atoms with E-state index in [4.69, 9.17) is 4.74 Å². The number of rotatable bonds is 7. The summed E-state index contributed by atoms with van der Waals surface area (Å²) in [6, 6.07) is -0.101. The van der Waals surface area contributed by atoms with E-state index in [0.717, 1.165) is 12.1 Å². The monoisotopic (exact) mass is 380 g/mol. The van der Waals surface area contributed by atoms with E-state index < -0.39 is 10.0 Å². The summed E-state index contributed by atoms with van der Waals surface area (Å²) >= 11 is 0. The van der Waals surface area contributed by atoms with E-state index in [0.29, 0.717) is 25.0 Å². The molecule has 2 aromatic rings. The summed E-state index contributed by atoms with van der Waals surface area (Å²) in [4.78, 5) is 13.0. The van der Waals surface area contributed by atoms with Crippen molar-refractivity contribution in [2.75, 3.05) is 44.9 Å². The van der Waals surface area contributed by atoms with Crippen LogP contribution in [0.1, 0.15) is 13.0 Å². The molecule has 26 heavy (non-hydrogen) atoms. The highest BCUT2D eigenvalue weighted by atomic mass is 32.2. The minimum absolute atomic E-state index is 0.0398.